The average Bonchev–Trinajstić information content (AvgIpc) is 1.87. The molecular formula is C7H16BNOS. The van der Waals surface area contributed by atoms with Gasteiger partial charge in [-0.15, -0.1) is 0 Å². The second-order valence-electron chi connectivity index (χ2n) is 3.18. The molecule has 0 aromatic rings. The molecule has 0 radical (unpaired) electrons. The normalized spacial score (nSPS) is 15.7. The first-order chi connectivity index (χ1) is 4.95. The van der Waals surface area contributed by atoms with E-state index in [2.05, 4.69) is 0 Å². The summed E-state index contributed by atoms with van der Waals surface area (Å²) in [6, 6.07) is -0.0359. The van der Waals surface area contributed by atoms with Crippen molar-refractivity contribution in [2.45, 2.75) is 39.0 Å². The molecule has 0 bridgehead atoms. The van der Waals surface area contributed by atoms with Gasteiger partial charge in [-0.25, -0.2) is 0 Å². The van der Waals surface area contributed by atoms with Crippen molar-refractivity contribution in [2.24, 2.45) is 5.73 Å². The molecule has 0 aliphatic rings. The molecule has 0 rings (SSSR count). The maximum atomic E-state index is 9.15. The molecule has 0 unspecified atom stereocenters. The number of hydrogen-bond acceptors (Lipinski definition) is 3. The summed E-state index contributed by atoms with van der Waals surface area (Å²) in [5.41, 5.74) is 5.56. The van der Waals surface area contributed by atoms with E-state index in [1.165, 1.54) is 0 Å². The van der Waals surface area contributed by atoms with E-state index in [1.807, 2.05) is 13.8 Å². The lowest BCUT2D eigenvalue weighted by Gasteiger charge is -2.14. The predicted octanol–water partition coefficient (Wildman–Crippen LogP) is 1.10. The van der Waals surface area contributed by atoms with Crippen LogP contribution in [0.1, 0.15) is 20.3 Å². The van der Waals surface area contributed by atoms with Crippen LogP contribution in [0.4, 0.5) is 0 Å². The summed E-state index contributed by atoms with van der Waals surface area (Å²) in [6.07, 6.45) is 0.741. The minimum atomic E-state index is -0.299. The average molecular weight is 173 g/mol. The zero-order valence-corrected chi connectivity index (χ0v) is 8.19. The van der Waals surface area contributed by atoms with Gasteiger partial charge in [0.15, 0.2) is 0 Å². The molecule has 0 spiro atoms. The van der Waals surface area contributed by atoms with E-state index < -0.39 is 0 Å². The van der Waals surface area contributed by atoms with Crippen LogP contribution >= 0.6 is 12.2 Å². The highest BCUT2D eigenvalue weighted by Gasteiger charge is 2.16. The maximum absolute atomic E-state index is 9.15. The quantitative estimate of drug-likeness (QED) is 0.494. The fraction of sp³-hybridized carbons (Fsp3) is 0.857. The third-order valence-electron chi connectivity index (χ3n) is 1.85. The van der Waals surface area contributed by atoms with Gasteiger partial charge in [-0.3, -0.25) is 0 Å². The van der Waals surface area contributed by atoms with E-state index in [1.54, 1.807) is 6.82 Å². The van der Waals surface area contributed by atoms with Gasteiger partial charge in [0, 0.05) is 10.9 Å². The fourth-order valence-electron chi connectivity index (χ4n) is 0.674. The monoisotopic (exact) mass is 173 g/mol. The van der Waals surface area contributed by atoms with E-state index in [0.717, 1.165) is 11.3 Å². The molecule has 0 saturated heterocycles. The second-order valence-corrected chi connectivity index (χ2v) is 3.70. The van der Waals surface area contributed by atoms with Crippen molar-refractivity contribution in [1.29, 1.82) is 0 Å². The van der Waals surface area contributed by atoms with E-state index >= 15 is 0 Å². The van der Waals surface area contributed by atoms with Crippen molar-refractivity contribution in [1.82, 2.24) is 0 Å². The lowest BCUT2D eigenvalue weighted by Crippen LogP contribution is -2.28. The van der Waals surface area contributed by atoms with Crippen LogP contribution in [-0.2, 0) is 0 Å². The molecule has 0 fully saturated rings. The van der Waals surface area contributed by atoms with Crippen molar-refractivity contribution in [2.75, 3.05) is 0 Å². The lowest BCUT2D eigenvalue weighted by molar-refractivity contribution is 0.557. The van der Waals surface area contributed by atoms with Crippen molar-refractivity contribution < 1.29 is 5.02 Å². The van der Waals surface area contributed by atoms with Gasteiger partial charge in [0.2, 0.25) is 0 Å². The van der Waals surface area contributed by atoms with Crippen LogP contribution in [0.2, 0.25) is 12.6 Å². The summed E-state index contributed by atoms with van der Waals surface area (Å²) in [4.78, 5) is 0.846. The van der Waals surface area contributed by atoms with Crippen LogP contribution in [0.25, 0.3) is 0 Å². The highest BCUT2D eigenvalue weighted by molar-refractivity contribution is 7.80. The lowest BCUT2D eigenvalue weighted by atomic mass is 9.58. The van der Waals surface area contributed by atoms with Crippen molar-refractivity contribution >= 4 is 24.0 Å². The Hall–Kier alpha value is 0.0749. The molecule has 2 atom stereocenters. The van der Waals surface area contributed by atoms with E-state index in [4.69, 9.17) is 23.0 Å². The predicted molar refractivity (Wildman–Crippen MR) is 54.1 cm³/mol. The standard InChI is InChI=1S/C7H16BNOS/c1-5(8(3)10)4-7(11)6(2)9/h5-6,10H,4,9H2,1-3H3/t5-,6+/m1/s1. The largest absolute Gasteiger partial charge is 0.450 e. The van der Waals surface area contributed by atoms with Gasteiger partial charge >= 0.3 is 0 Å². The van der Waals surface area contributed by atoms with Crippen molar-refractivity contribution in [3.8, 4) is 0 Å². The van der Waals surface area contributed by atoms with Crippen LogP contribution in [0.5, 0.6) is 0 Å². The molecule has 0 aromatic carbocycles. The third-order valence-corrected chi connectivity index (χ3v) is 2.39. The first-order valence-electron chi connectivity index (χ1n) is 3.91. The van der Waals surface area contributed by atoms with Crippen LogP contribution in [0.3, 0.4) is 0 Å². The van der Waals surface area contributed by atoms with Gasteiger partial charge in [0.05, 0.1) is 0 Å². The molecule has 11 heavy (non-hydrogen) atoms. The SMILES string of the molecule is CB(O)[C@H](C)CC(=S)[C@H](C)N. The van der Waals surface area contributed by atoms with Gasteiger partial charge in [-0.2, -0.15) is 0 Å². The molecule has 0 saturated carbocycles. The number of hydrogen-bond donors (Lipinski definition) is 2. The molecule has 0 aliphatic carbocycles. The first-order valence-corrected chi connectivity index (χ1v) is 4.32. The Kier molecular flexibility index (Phi) is 4.89. The van der Waals surface area contributed by atoms with Crippen LogP contribution in [-0.4, -0.2) is 22.8 Å². The topological polar surface area (TPSA) is 46.2 Å². The Labute approximate surface area is 74.3 Å². The first kappa shape index (κ1) is 11.1. The molecule has 3 N–H and O–H groups in total. The summed E-state index contributed by atoms with van der Waals surface area (Å²) < 4.78 is 0. The number of nitrogens with two attached hydrogens (primary N) is 1. The van der Waals surface area contributed by atoms with Crippen molar-refractivity contribution in [3.05, 3.63) is 0 Å². The van der Waals surface area contributed by atoms with E-state index in [0.29, 0.717) is 0 Å². The molecular weight excluding hydrogens is 157 g/mol. The summed E-state index contributed by atoms with van der Waals surface area (Å²) in [6.45, 7) is 5.32. The summed E-state index contributed by atoms with van der Waals surface area (Å²) >= 11 is 5.04. The number of thiocarbonyl (C=S) groups is 1. The zero-order chi connectivity index (χ0) is 9.02. The molecule has 2 nitrogen and oxygen atoms in total. The summed E-state index contributed by atoms with van der Waals surface area (Å²) in [7, 11) is 0. The van der Waals surface area contributed by atoms with Gasteiger partial charge in [-0.05, 0) is 19.2 Å². The van der Waals surface area contributed by atoms with Crippen LogP contribution in [0.15, 0.2) is 0 Å². The smallest absolute Gasteiger partial charge is 0.289 e. The Bertz CT molecular complexity index is 138. The van der Waals surface area contributed by atoms with Gasteiger partial charge in [-0.1, -0.05) is 26.0 Å². The van der Waals surface area contributed by atoms with Gasteiger partial charge < -0.3 is 10.8 Å². The minimum absolute atomic E-state index is 0.0359. The van der Waals surface area contributed by atoms with Gasteiger partial charge in [0.25, 0.3) is 6.92 Å². The second kappa shape index (κ2) is 4.85. The highest BCUT2D eigenvalue weighted by Crippen LogP contribution is 2.14. The Morgan fingerprint density at radius 2 is 2.09 bits per heavy atom. The van der Waals surface area contributed by atoms with Gasteiger partial charge in [0.1, 0.15) is 0 Å². The molecule has 4 heteroatoms. The summed E-state index contributed by atoms with van der Waals surface area (Å²) in [5, 5.41) is 9.15. The highest BCUT2D eigenvalue weighted by atomic mass is 32.1. The Morgan fingerprint density at radius 3 is 2.36 bits per heavy atom. The minimum Gasteiger partial charge on any atom is -0.450 e. The molecule has 64 valence electrons. The molecule has 0 aromatic heterocycles. The van der Waals surface area contributed by atoms with E-state index in [9.17, 15) is 0 Å². The molecule has 0 heterocycles. The van der Waals surface area contributed by atoms with Crippen molar-refractivity contribution in [3.63, 3.8) is 0 Å². The van der Waals surface area contributed by atoms with E-state index in [-0.39, 0.29) is 18.8 Å². The Morgan fingerprint density at radius 1 is 1.64 bits per heavy atom. The van der Waals surface area contributed by atoms with Crippen LogP contribution in [0, 0.1) is 0 Å². The maximum Gasteiger partial charge on any atom is 0.289 e. The summed E-state index contributed by atoms with van der Waals surface area (Å²) in [5.74, 6) is 0.216. The molecule has 0 aliphatic heterocycles. The zero-order valence-electron chi connectivity index (χ0n) is 7.37. The third kappa shape index (κ3) is 4.51. The number of rotatable bonds is 4. The fourth-order valence-corrected chi connectivity index (χ4v) is 0.937. The van der Waals surface area contributed by atoms with Crippen LogP contribution < -0.4 is 5.73 Å². The molecule has 0 amide bonds. The Balaban J connectivity index is 3.76.